The Kier molecular flexibility index (Phi) is 5.52. The molecule has 0 amide bonds. The van der Waals surface area contributed by atoms with Crippen molar-refractivity contribution in [2.75, 3.05) is 6.54 Å². The minimum Gasteiger partial charge on any atom is -0.311 e. The lowest BCUT2D eigenvalue weighted by Crippen LogP contribution is -2.11. The minimum atomic E-state index is 0.691. The van der Waals surface area contributed by atoms with Gasteiger partial charge in [0.25, 0.3) is 0 Å². The van der Waals surface area contributed by atoms with Crippen molar-refractivity contribution < 1.29 is 0 Å². The van der Waals surface area contributed by atoms with Gasteiger partial charge in [0, 0.05) is 17.7 Å². The molecule has 1 heterocycles. The van der Waals surface area contributed by atoms with E-state index in [1.54, 1.807) is 11.3 Å². The van der Waals surface area contributed by atoms with Crippen molar-refractivity contribution in [1.29, 1.82) is 0 Å². The van der Waals surface area contributed by atoms with E-state index in [1.807, 2.05) is 11.8 Å². The van der Waals surface area contributed by atoms with Crippen LogP contribution < -0.4 is 5.32 Å². The summed E-state index contributed by atoms with van der Waals surface area (Å²) >= 11 is 3.72. The molecule has 0 saturated heterocycles. The fraction of sp³-hybridized carbons (Fsp3) is 0.700. The second-order valence-corrected chi connectivity index (χ2v) is 5.88. The van der Waals surface area contributed by atoms with Crippen LogP contribution in [0, 0.1) is 0 Å². The van der Waals surface area contributed by atoms with Gasteiger partial charge in [0.2, 0.25) is 0 Å². The molecule has 4 heteroatoms. The molecule has 0 aliphatic heterocycles. The Bertz CT molecular complexity index is 258. The van der Waals surface area contributed by atoms with E-state index < -0.39 is 0 Å². The molecular formula is C10H18N2S2. The zero-order valence-electron chi connectivity index (χ0n) is 9.04. The van der Waals surface area contributed by atoms with Gasteiger partial charge in [0.05, 0.1) is 5.69 Å². The van der Waals surface area contributed by atoms with Crippen LogP contribution in [0.25, 0.3) is 0 Å². The van der Waals surface area contributed by atoms with Gasteiger partial charge >= 0.3 is 0 Å². The lowest BCUT2D eigenvalue weighted by atomic mass is 10.5. The molecule has 0 saturated carbocycles. The number of thiazole rings is 1. The molecule has 0 spiro atoms. The van der Waals surface area contributed by atoms with Crippen LogP contribution in [0.1, 0.15) is 31.5 Å². The first-order chi connectivity index (χ1) is 6.72. The van der Waals surface area contributed by atoms with Gasteiger partial charge in [-0.2, -0.15) is 11.8 Å². The summed E-state index contributed by atoms with van der Waals surface area (Å²) in [5, 5.41) is 7.37. The molecule has 0 aromatic carbocycles. The van der Waals surface area contributed by atoms with Crippen LogP contribution in [0.5, 0.6) is 0 Å². The van der Waals surface area contributed by atoms with Gasteiger partial charge in [0.1, 0.15) is 5.01 Å². The van der Waals surface area contributed by atoms with Gasteiger partial charge in [-0.15, -0.1) is 11.3 Å². The van der Waals surface area contributed by atoms with Crippen LogP contribution in [0.2, 0.25) is 0 Å². The molecule has 0 fully saturated rings. The third-order valence-corrected chi connectivity index (χ3v) is 3.88. The van der Waals surface area contributed by atoms with E-state index in [-0.39, 0.29) is 0 Å². The Morgan fingerprint density at radius 1 is 1.57 bits per heavy atom. The molecular weight excluding hydrogens is 212 g/mol. The van der Waals surface area contributed by atoms with Crippen molar-refractivity contribution in [2.45, 2.75) is 38.3 Å². The van der Waals surface area contributed by atoms with Crippen molar-refractivity contribution in [2.24, 2.45) is 0 Å². The molecule has 14 heavy (non-hydrogen) atoms. The van der Waals surface area contributed by atoms with E-state index in [0.717, 1.165) is 18.8 Å². The van der Waals surface area contributed by atoms with E-state index in [0.29, 0.717) is 5.25 Å². The Labute approximate surface area is 94.5 Å². The largest absolute Gasteiger partial charge is 0.311 e. The SMILES string of the molecule is CCNCc1csc(CSC(C)C)n1. The third kappa shape index (κ3) is 4.44. The van der Waals surface area contributed by atoms with Gasteiger partial charge in [-0.05, 0) is 11.8 Å². The lowest BCUT2D eigenvalue weighted by Gasteiger charge is -2.00. The summed E-state index contributed by atoms with van der Waals surface area (Å²) in [7, 11) is 0. The lowest BCUT2D eigenvalue weighted by molar-refractivity contribution is 0.713. The number of hydrogen-bond donors (Lipinski definition) is 1. The monoisotopic (exact) mass is 230 g/mol. The first-order valence-electron chi connectivity index (χ1n) is 4.98. The van der Waals surface area contributed by atoms with Crippen molar-refractivity contribution >= 4 is 23.1 Å². The minimum absolute atomic E-state index is 0.691. The molecule has 0 aliphatic carbocycles. The maximum Gasteiger partial charge on any atom is 0.103 e. The molecule has 0 unspecified atom stereocenters. The van der Waals surface area contributed by atoms with E-state index in [1.165, 1.54) is 10.7 Å². The highest BCUT2D eigenvalue weighted by molar-refractivity contribution is 7.99. The Morgan fingerprint density at radius 2 is 2.36 bits per heavy atom. The first-order valence-corrected chi connectivity index (χ1v) is 6.90. The average molecular weight is 230 g/mol. The molecule has 1 rings (SSSR count). The first kappa shape index (κ1) is 12.0. The van der Waals surface area contributed by atoms with Gasteiger partial charge in [-0.25, -0.2) is 4.98 Å². The molecule has 0 bridgehead atoms. The zero-order chi connectivity index (χ0) is 10.4. The molecule has 0 atom stereocenters. The Hall–Kier alpha value is -0.0600. The van der Waals surface area contributed by atoms with Crippen molar-refractivity contribution in [3.63, 3.8) is 0 Å². The molecule has 1 aromatic rings. The highest BCUT2D eigenvalue weighted by Crippen LogP contribution is 2.19. The van der Waals surface area contributed by atoms with Crippen molar-refractivity contribution in [1.82, 2.24) is 10.3 Å². The summed E-state index contributed by atoms with van der Waals surface area (Å²) in [4.78, 5) is 4.55. The summed E-state index contributed by atoms with van der Waals surface area (Å²) in [6.45, 7) is 8.46. The topological polar surface area (TPSA) is 24.9 Å². The normalized spacial score (nSPS) is 11.1. The number of nitrogens with zero attached hydrogens (tertiary/aromatic N) is 1. The highest BCUT2D eigenvalue weighted by Gasteiger charge is 2.02. The maximum atomic E-state index is 4.55. The van der Waals surface area contributed by atoms with Crippen molar-refractivity contribution in [3.8, 4) is 0 Å². The Balaban J connectivity index is 2.35. The number of nitrogens with one attached hydrogen (secondary N) is 1. The molecule has 1 N–H and O–H groups in total. The summed E-state index contributed by atoms with van der Waals surface area (Å²) < 4.78 is 0. The fourth-order valence-corrected chi connectivity index (χ4v) is 2.58. The molecule has 1 aromatic heterocycles. The Morgan fingerprint density at radius 3 is 3.00 bits per heavy atom. The van der Waals surface area contributed by atoms with E-state index in [4.69, 9.17) is 0 Å². The third-order valence-electron chi connectivity index (χ3n) is 1.70. The van der Waals surface area contributed by atoms with Gasteiger partial charge < -0.3 is 5.32 Å². The quantitative estimate of drug-likeness (QED) is 0.813. The predicted molar refractivity (Wildman–Crippen MR) is 65.9 cm³/mol. The van der Waals surface area contributed by atoms with E-state index in [9.17, 15) is 0 Å². The second-order valence-electron chi connectivity index (χ2n) is 3.37. The molecule has 0 aliphatic rings. The van der Waals surface area contributed by atoms with Gasteiger partial charge in [-0.1, -0.05) is 20.8 Å². The van der Waals surface area contributed by atoms with E-state index >= 15 is 0 Å². The molecule has 80 valence electrons. The van der Waals surface area contributed by atoms with Gasteiger partial charge in [-0.3, -0.25) is 0 Å². The van der Waals surface area contributed by atoms with Crippen LogP contribution in [0.3, 0.4) is 0 Å². The standard InChI is InChI=1S/C10H18N2S2/c1-4-11-5-9-6-14-10(12-9)7-13-8(2)3/h6,8,11H,4-5,7H2,1-3H3. The number of aromatic nitrogens is 1. The number of thioether (sulfide) groups is 1. The summed E-state index contributed by atoms with van der Waals surface area (Å²) in [5.74, 6) is 1.05. The van der Waals surface area contributed by atoms with Crippen molar-refractivity contribution in [3.05, 3.63) is 16.1 Å². The van der Waals surface area contributed by atoms with Gasteiger partial charge in [0.15, 0.2) is 0 Å². The van der Waals surface area contributed by atoms with Crippen LogP contribution in [0.4, 0.5) is 0 Å². The highest BCUT2D eigenvalue weighted by atomic mass is 32.2. The zero-order valence-corrected chi connectivity index (χ0v) is 10.7. The van der Waals surface area contributed by atoms with Crippen LogP contribution >= 0.6 is 23.1 Å². The molecule has 2 nitrogen and oxygen atoms in total. The summed E-state index contributed by atoms with van der Waals surface area (Å²) in [6.07, 6.45) is 0. The second kappa shape index (κ2) is 6.43. The summed E-state index contributed by atoms with van der Waals surface area (Å²) in [6, 6.07) is 0. The summed E-state index contributed by atoms with van der Waals surface area (Å²) in [5.41, 5.74) is 1.18. The number of hydrogen-bond acceptors (Lipinski definition) is 4. The fourth-order valence-electron chi connectivity index (χ4n) is 0.987. The maximum absolute atomic E-state index is 4.55. The number of rotatable bonds is 6. The van der Waals surface area contributed by atoms with E-state index in [2.05, 4.69) is 36.5 Å². The predicted octanol–water partition coefficient (Wildman–Crippen LogP) is 2.89. The average Bonchev–Trinajstić information content (AvgIpc) is 2.59. The van der Waals surface area contributed by atoms with Crippen LogP contribution in [-0.4, -0.2) is 16.8 Å². The smallest absolute Gasteiger partial charge is 0.103 e. The molecule has 0 radical (unpaired) electrons. The van der Waals surface area contributed by atoms with Crippen LogP contribution in [-0.2, 0) is 12.3 Å². The van der Waals surface area contributed by atoms with Crippen LogP contribution in [0.15, 0.2) is 5.38 Å².